The number of carbonyl (C=O) groups excluding carboxylic acids is 1. The predicted octanol–water partition coefficient (Wildman–Crippen LogP) is 2.47. The molecule has 4 heteroatoms. The highest BCUT2D eigenvalue weighted by Crippen LogP contribution is 2.34. The van der Waals surface area contributed by atoms with Crippen molar-refractivity contribution < 1.29 is 4.79 Å². The number of benzene rings is 1. The summed E-state index contributed by atoms with van der Waals surface area (Å²) < 4.78 is 0. The Kier molecular flexibility index (Phi) is 3.27. The molecular formula is C15H19ClN2O. The number of hydrogen-bond acceptors (Lipinski definition) is 2. The van der Waals surface area contributed by atoms with Gasteiger partial charge in [-0.1, -0.05) is 17.7 Å². The molecule has 19 heavy (non-hydrogen) atoms. The summed E-state index contributed by atoms with van der Waals surface area (Å²) in [5.41, 5.74) is 1.74. The maximum absolute atomic E-state index is 12.8. The largest absolute Gasteiger partial charge is 0.331 e. The molecule has 3 unspecified atom stereocenters. The molecule has 2 saturated heterocycles. The van der Waals surface area contributed by atoms with Gasteiger partial charge in [0.15, 0.2) is 0 Å². The van der Waals surface area contributed by atoms with Crippen LogP contribution in [0.25, 0.3) is 0 Å². The van der Waals surface area contributed by atoms with Crippen molar-refractivity contribution >= 4 is 17.5 Å². The van der Waals surface area contributed by atoms with Crippen molar-refractivity contribution in [1.82, 2.24) is 10.2 Å². The molecular weight excluding hydrogens is 260 g/mol. The van der Waals surface area contributed by atoms with Crippen molar-refractivity contribution in [2.75, 3.05) is 13.1 Å². The Morgan fingerprint density at radius 2 is 2.21 bits per heavy atom. The fourth-order valence-corrected chi connectivity index (χ4v) is 3.65. The molecule has 2 aliphatic heterocycles. The lowest BCUT2D eigenvalue weighted by atomic mass is 10.0. The van der Waals surface area contributed by atoms with Gasteiger partial charge in [0.2, 0.25) is 0 Å². The number of hydrogen-bond donors (Lipinski definition) is 1. The van der Waals surface area contributed by atoms with E-state index in [1.165, 1.54) is 0 Å². The van der Waals surface area contributed by atoms with Crippen molar-refractivity contribution in [2.24, 2.45) is 5.92 Å². The van der Waals surface area contributed by atoms with Crippen LogP contribution in [-0.4, -0.2) is 36.0 Å². The van der Waals surface area contributed by atoms with E-state index < -0.39 is 0 Å². The van der Waals surface area contributed by atoms with Crippen LogP contribution >= 0.6 is 11.6 Å². The van der Waals surface area contributed by atoms with Gasteiger partial charge in [0.05, 0.1) is 0 Å². The van der Waals surface area contributed by atoms with Crippen LogP contribution in [-0.2, 0) is 0 Å². The summed E-state index contributed by atoms with van der Waals surface area (Å²) in [6.07, 6.45) is 1.10. The lowest BCUT2D eigenvalue weighted by Crippen LogP contribution is -2.43. The van der Waals surface area contributed by atoms with Gasteiger partial charge in [0.25, 0.3) is 5.91 Å². The van der Waals surface area contributed by atoms with Gasteiger partial charge in [0, 0.05) is 35.8 Å². The number of fused-ring (bicyclic) bond motifs is 1. The number of rotatable bonds is 1. The number of aryl methyl sites for hydroxylation is 1. The molecule has 0 aliphatic carbocycles. The van der Waals surface area contributed by atoms with Gasteiger partial charge in [-0.25, -0.2) is 0 Å². The summed E-state index contributed by atoms with van der Waals surface area (Å²) in [6, 6.07) is 6.22. The second-order valence-corrected chi connectivity index (χ2v) is 6.18. The first kappa shape index (κ1) is 12.9. The number of nitrogens with one attached hydrogen (secondary N) is 1. The van der Waals surface area contributed by atoms with E-state index in [1.54, 1.807) is 6.07 Å². The highest BCUT2D eigenvalue weighted by Gasteiger charge is 2.44. The first-order valence-electron chi connectivity index (χ1n) is 6.87. The quantitative estimate of drug-likeness (QED) is 0.856. The van der Waals surface area contributed by atoms with E-state index in [1.807, 2.05) is 19.1 Å². The maximum Gasteiger partial charge on any atom is 0.254 e. The first-order chi connectivity index (χ1) is 9.08. The number of amides is 1. The summed E-state index contributed by atoms with van der Waals surface area (Å²) in [5, 5.41) is 4.01. The van der Waals surface area contributed by atoms with Crippen molar-refractivity contribution in [3.05, 3.63) is 34.3 Å². The second kappa shape index (κ2) is 4.80. The topological polar surface area (TPSA) is 32.3 Å². The highest BCUT2D eigenvalue weighted by molar-refractivity contribution is 6.31. The average Bonchev–Trinajstić information content (AvgIpc) is 2.91. The zero-order valence-electron chi connectivity index (χ0n) is 11.3. The zero-order chi connectivity index (χ0) is 13.6. The minimum absolute atomic E-state index is 0.128. The molecule has 0 bridgehead atoms. The van der Waals surface area contributed by atoms with E-state index >= 15 is 0 Å². The van der Waals surface area contributed by atoms with E-state index in [-0.39, 0.29) is 5.91 Å². The first-order valence-corrected chi connectivity index (χ1v) is 7.25. The Morgan fingerprint density at radius 1 is 1.42 bits per heavy atom. The molecule has 1 amide bonds. The maximum atomic E-state index is 12.8. The third-order valence-corrected chi connectivity index (χ3v) is 4.68. The molecule has 0 spiro atoms. The Morgan fingerprint density at radius 3 is 3.00 bits per heavy atom. The van der Waals surface area contributed by atoms with Gasteiger partial charge in [-0.3, -0.25) is 4.79 Å². The SMILES string of the molecule is Cc1ccc(Cl)cc1C(=O)N1C(C)CC2CNCC21. The number of halogens is 1. The molecule has 2 aliphatic rings. The molecule has 3 rings (SSSR count). The van der Waals surface area contributed by atoms with E-state index in [0.29, 0.717) is 23.0 Å². The number of nitrogens with zero attached hydrogens (tertiary/aromatic N) is 1. The normalized spacial score (nSPS) is 29.6. The third-order valence-electron chi connectivity index (χ3n) is 4.44. The van der Waals surface area contributed by atoms with Crippen molar-refractivity contribution in [3.8, 4) is 0 Å². The fourth-order valence-electron chi connectivity index (χ4n) is 3.48. The second-order valence-electron chi connectivity index (χ2n) is 5.74. The lowest BCUT2D eigenvalue weighted by Gasteiger charge is -2.28. The van der Waals surface area contributed by atoms with Gasteiger partial charge in [-0.2, -0.15) is 0 Å². The molecule has 1 aromatic carbocycles. The molecule has 0 radical (unpaired) electrons. The highest BCUT2D eigenvalue weighted by atomic mass is 35.5. The summed E-state index contributed by atoms with van der Waals surface area (Å²) in [6.45, 7) is 6.07. The lowest BCUT2D eigenvalue weighted by molar-refractivity contribution is 0.0681. The van der Waals surface area contributed by atoms with Crippen LogP contribution in [0, 0.1) is 12.8 Å². The van der Waals surface area contributed by atoms with Gasteiger partial charge in [0.1, 0.15) is 0 Å². The molecule has 1 aromatic rings. The van der Waals surface area contributed by atoms with E-state index in [9.17, 15) is 4.79 Å². The Hall–Kier alpha value is -1.06. The van der Waals surface area contributed by atoms with Gasteiger partial charge < -0.3 is 10.2 Å². The molecule has 0 saturated carbocycles. The zero-order valence-corrected chi connectivity index (χ0v) is 12.1. The van der Waals surface area contributed by atoms with Crippen molar-refractivity contribution in [2.45, 2.75) is 32.4 Å². The molecule has 102 valence electrons. The fraction of sp³-hybridized carbons (Fsp3) is 0.533. The van der Waals surface area contributed by atoms with Gasteiger partial charge >= 0.3 is 0 Å². The molecule has 2 heterocycles. The van der Waals surface area contributed by atoms with Crippen LogP contribution < -0.4 is 5.32 Å². The minimum atomic E-state index is 0.128. The number of likely N-dealkylation sites (tertiary alicyclic amines) is 1. The summed E-state index contributed by atoms with van der Waals surface area (Å²) >= 11 is 6.03. The number of carbonyl (C=O) groups is 1. The van der Waals surface area contributed by atoms with Gasteiger partial charge in [-0.05, 0) is 43.9 Å². The van der Waals surface area contributed by atoms with E-state index in [2.05, 4.69) is 17.1 Å². The summed E-state index contributed by atoms with van der Waals surface area (Å²) in [7, 11) is 0. The van der Waals surface area contributed by atoms with Crippen LogP contribution in [0.3, 0.4) is 0 Å². The van der Waals surface area contributed by atoms with Crippen LogP contribution in [0.2, 0.25) is 5.02 Å². The molecule has 1 N–H and O–H groups in total. The smallest absolute Gasteiger partial charge is 0.254 e. The van der Waals surface area contributed by atoms with Crippen LogP contribution in [0.5, 0.6) is 0 Å². The molecule has 3 atom stereocenters. The van der Waals surface area contributed by atoms with Crippen LogP contribution in [0.15, 0.2) is 18.2 Å². The average molecular weight is 279 g/mol. The monoisotopic (exact) mass is 278 g/mol. The summed E-state index contributed by atoms with van der Waals surface area (Å²) in [5.74, 6) is 0.738. The Labute approximate surface area is 118 Å². The minimum Gasteiger partial charge on any atom is -0.331 e. The van der Waals surface area contributed by atoms with Crippen molar-refractivity contribution in [1.29, 1.82) is 0 Å². The van der Waals surface area contributed by atoms with Crippen LogP contribution in [0.1, 0.15) is 29.3 Å². The summed E-state index contributed by atoms with van der Waals surface area (Å²) in [4.78, 5) is 14.9. The van der Waals surface area contributed by atoms with Gasteiger partial charge in [-0.15, -0.1) is 0 Å². The Balaban J connectivity index is 1.93. The van der Waals surface area contributed by atoms with Crippen LogP contribution in [0.4, 0.5) is 0 Å². The standard InChI is InChI=1S/C15H19ClN2O/c1-9-3-4-12(16)6-13(9)15(19)18-10(2)5-11-7-17-8-14(11)18/h3-4,6,10-11,14,17H,5,7-8H2,1-2H3. The third kappa shape index (κ3) is 2.15. The Bertz CT molecular complexity index is 517. The van der Waals surface area contributed by atoms with E-state index in [4.69, 9.17) is 11.6 Å². The molecule has 0 aromatic heterocycles. The van der Waals surface area contributed by atoms with Crippen molar-refractivity contribution in [3.63, 3.8) is 0 Å². The predicted molar refractivity (Wildman–Crippen MR) is 76.6 cm³/mol. The molecule has 3 nitrogen and oxygen atoms in total. The molecule has 2 fully saturated rings. The van der Waals surface area contributed by atoms with E-state index in [0.717, 1.165) is 30.6 Å².